The quantitative estimate of drug-likeness (QED) is 0.289. The van der Waals surface area contributed by atoms with Gasteiger partial charge in [0, 0.05) is 36.5 Å². The van der Waals surface area contributed by atoms with Crippen molar-refractivity contribution in [3.05, 3.63) is 106 Å². The Morgan fingerprint density at radius 1 is 1.05 bits per heavy atom. The zero-order chi connectivity index (χ0) is 31.1. The second kappa shape index (κ2) is 11.5. The molecule has 224 valence electrons. The Hall–Kier alpha value is -4.72. The lowest BCUT2D eigenvalue weighted by molar-refractivity contribution is -0.145. The Kier molecular flexibility index (Phi) is 7.97. The third kappa shape index (κ3) is 6.38. The molecule has 0 saturated heterocycles. The Morgan fingerprint density at radius 3 is 2.44 bits per heavy atom. The van der Waals surface area contributed by atoms with E-state index in [1.54, 1.807) is 18.0 Å². The maximum atomic E-state index is 14.2. The molecule has 0 unspecified atom stereocenters. The number of rotatable bonds is 8. The van der Waals surface area contributed by atoms with Crippen molar-refractivity contribution < 1.29 is 35.9 Å². The highest BCUT2D eigenvalue weighted by atomic mass is 19.4. The fourth-order valence-electron chi connectivity index (χ4n) is 5.23. The predicted octanol–water partition coefficient (Wildman–Crippen LogP) is 4.53. The number of hydrogen-bond donors (Lipinski definition) is 2. The summed E-state index contributed by atoms with van der Waals surface area (Å²) >= 11 is 0. The highest BCUT2D eigenvalue weighted by Crippen LogP contribution is 2.37. The van der Waals surface area contributed by atoms with E-state index < -0.39 is 59.3 Å². The summed E-state index contributed by atoms with van der Waals surface area (Å²) in [5, 5.41) is 6.66. The van der Waals surface area contributed by atoms with E-state index >= 15 is 0 Å². The van der Waals surface area contributed by atoms with Gasteiger partial charge in [0.1, 0.15) is 29.7 Å². The number of benzene rings is 2. The molecule has 3 N–H and O–H groups in total. The average Bonchev–Trinajstić information content (AvgIpc) is 3.42. The molecule has 0 spiro atoms. The first-order chi connectivity index (χ1) is 20.3. The molecule has 1 atom stereocenters. The van der Waals surface area contributed by atoms with Gasteiger partial charge in [-0.3, -0.25) is 24.2 Å². The SMILES string of the molecule is CN1Cc2nn(CC(=O)N[C@@H](Cc3cc(F)cc(F)c3)c3ncccc3-c3ccc(F)c(C(N)=O)c3)c(C(F)(F)F)c2C1. The number of hydrogen-bond acceptors (Lipinski definition) is 5. The smallest absolute Gasteiger partial charge is 0.366 e. The van der Waals surface area contributed by atoms with Gasteiger partial charge >= 0.3 is 6.18 Å². The van der Waals surface area contributed by atoms with Crippen LogP contribution in [0.1, 0.15) is 44.6 Å². The van der Waals surface area contributed by atoms with E-state index in [0.717, 1.165) is 18.2 Å². The van der Waals surface area contributed by atoms with Crippen molar-refractivity contribution in [3.8, 4) is 11.1 Å². The van der Waals surface area contributed by atoms with Gasteiger partial charge in [-0.1, -0.05) is 12.1 Å². The number of fused-ring (bicyclic) bond motifs is 1. The van der Waals surface area contributed by atoms with Gasteiger partial charge in [-0.05, 0) is 54.9 Å². The normalized spacial score (nSPS) is 14.0. The van der Waals surface area contributed by atoms with Crippen molar-refractivity contribution in [3.63, 3.8) is 0 Å². The van der Waals surface area contributed by atoms with Crippen molar-refractivity contribution in [1.29, 1.82) is 0 Å². The molecule has 43 heavy (non-hydrogen) atoms. The summed E-state index contributed by atoms with van der Waals surface area (Å²) < 4.78 is 84.9. The molecule has 2 aromatic carbocycles. The molecule has 14 heteroatoms. The third-order valence-corrected chi connectivity index (χ3v) is 6.95. The minimum absolute atomic E-state index is 0.0110. The van der Waals surface area contributed by atoms with Gasteiger partial charge in [0.15, 0.2) is 0 Å². The van der Waals surface area contributed by atoms with Crippen LogP contribution < -0.4 is 11.1 Å². The van der Waals surface area contributed by atoms with Crippen molar-refractivity contribution >= 4 is 11.8 Å². The van der Waals surface area contributed by atoms with Crippen LogP contribution in [0, 0.1) is 17.5 Å². The molecule has 1 aliphatic heterocycles. The molecule has 0 fully saturated rings. The maximum absolute atomic E-state index is 14.2. The number of pyridine rings is 1. The van der Waals surface area contributed by atoms with Crippen molar-refractivity contribution in [2.24, 2.45) is 5.73 Å². The minimum atomic E-state index is -4.78. The number of halogens is 6. The average molecular weight is 603 g/mol. The molecule has 4 aromatic rings. The number of primary amides is 1. The summed E-state index contributed by atoms with van der Waals surface area (Å²) in [6, 6.07) is 8.28. The largest absolute Gasteiger partial charge is 0.433 e. The monoisotopic (exact) mass is 602 g/mol. The van der Waals surface area contributed by atoms with E-state index in [9.17, 15) is 35.9 Å². The molecule has 5 rings (SSSR count). The fraction of sp³-hybridized carbons (Fsp3) is 0.241. The maximum Gasteiger partial charge on any atom is 0.433 e. The highest BCUT2D eigenvalue weighted by molar-refractivity contribution is 5.94. The van der Waals surface area contributed by atoms with Crippen LogP contribution in [-0.2, 0) is 37.0 Å². The van der Waals surface area contributed by atoms with E-state index in [1.165, 1.54) is 24.4 Å². The second-order valence-electron chi connectivity index (χ2n) is 10.2. The van der Waals surface area contributed by atoms with Gasteiger partial charge in [-0.15, -0.1) is 0 Å². The molecule has 0 bridgehead atoms. The van der Waals surface area contributed by atoms with Gasteiger partial charge in [0.25, 0.3) is 5.91 Å². The van der Waals surface area contributed by atoms with Crippen LogP contribution >= 0.6 is 0 Å². The number of nitrogens with one attached hydrogen (secondary N) is 1. The molecule has 1 aliphatic rings. The van der Waals surface area contributed by atoms with Crippen molar-refractivity contribution in [1.82, 2.24) is 25.0 Å². The second-order valence-corrected chi connectivity index (χ2v) is 10.2. The summed E-state index contributed by atoms with van der Waals surface area (Å²) in [6.45, 7) is -0.602. The number of carbonyl (C=O) groups excluding carboxylic acids is 2. The first-order valence-corrected chi connectivity index (χ1v) is 12.9. The fourth-order valence-corrected chi connectivity index (χ4v) is 5.23. The number of alkyl halides is 3. The topological polar surface area (TPSA) is 106 Å². The minimum Gasteiger partial charge on any atom is -0.366 e. The predicted molar refractivity (Wildman–Crippen MR) is 141 cm³/mol. The van der Waals surface area contributed by atoms with Crippen LogP contribution in [0.15, 0.2) is 54.7 Å². The summed E-state index contributed by atoms with van der Waals surface area (Å²) in [5.74, 6) is -4.52. The molecule has 2 amide bonds. The van der Waals surface area contributed by atoms with E-state index in [0.29, 0.717) is 16.3 Å². The number of aromatic nitrogens is 3. The van der Waals surface area contributed by atoms with Gasteiger partial charge in [-0.2, -0.15) is 18.3 Å². The molecule has 0 aliphatic carbocycles. The highest BCUT2D eigenvalue weighted by Gasteiger charge is 2.42. The number of amides is 2. The summed E-state index contributed by atoms with van der Waals surface area (Å²) in [6.07, 6.45) is -3.63. The lowest BCUT2D eigenvalue weighted by Crippen LogP contribution is -2.35. The lowest BCUT2D eigenvalue weighted by atomic mass is 9.94. The molecular formula is C29H24F6N6O2. The third-order valence-electron chi connectivity index (χ3n) is 6.95. The summed E-state index contributed by atoms with van der Waals surface area (Å²) in [7, 11) is 1.65. The van der Waals surface area contributed by atoms with Gasteiger partial charge in [0.2, 0.25) is 5.91 Å². The van der Waals surface area contributed by atoms with Crippen LogP contribution in [0.4, 0.5) is 26.3 Å². The van der Waals surface area contributed by atoms with Crippen molar-refractivity contribution in [2.75, 3.05) is 7.05 Å². The van der Waals surface area contributed by atoms with Crippen molar-refractivity contribution in [2.45, 2.75) is 38.3 Å². The zero-order valence-electron chi connectivity index (χ0n) is 22.6. The molecule has 0 radical (unpaired) electrons. The van der Waals surface area contributed by atoms with Gasteiger partial charge in [0.05, 0.1) is 23.0 Å². The standard InChI is InChI=1S/C29H24F6N6O2/c1-40-12-21-24(13-40)39-41(27(21)29(33,34)35)14-25(42)38-23(9-15-7-17(30)11-18(31)8-15)26-19(3-2-6-37-26)16-4-5-22(32)20(10-16)28(36)43/h2-8,10-11,23H,9,12-14H2,1H3,(H2,36,43)(H,38,42)/t23-/m0/s1. The van der Waals surface area contributed by atoms with Gasteiger partial charge in [-0.25, -0.2) is 13.2 Å². The Balaban J connectivity index is 1.53. The first kappa shape index (κ1) is 29.8. The van der Waals surface area contributed by atoms with E-state index in [-0.39, 0.29) is 47.6 Å². The van der Waals surface area contributed by atoms with E-state index in [1.807, 2.05) is 0 Å². The summed E-state index contributed by atoms with van der Waals surface area (Å²) in [4.78, 5) is 31.1. The molecule has 3 heterocycles. The van der Waals surface area contributed by atoms with Crippen LogP contribution in [0.25, 0.3) is 11.1 Å². The van der Waals surface area contributed by atoms with Crippen LogP contribution in [0.5, 0.6) is 0 Å². The van der Waals surface area contributed by atoms with E-state index in [4.69, 9.17) is 5.73 Å². The number of carbonyl (C=O) groups is 2. The summed E-state index contributed by atoms with van der Waals surface area (Å²) in [5.41, 5.74) is 4.91. The lowest BCUT2D eigenvalue weighted by Gasteiger charge is -2.22. The number of nitrogens with zero attached hydrogens (tertiary/aromatic N) is 4. The molecule has 8 nitrogen and oxygen atoms in total. The van der Waals surface area contributed by atoms with Crippen LogP contribution in [-0.4, -0.2) is 38.5 Å². The Morgan fingerprint density at radius 2 is 1.77 bits per heavy atom. The number of nitrogens with two attached hydrogens (primary N) is 1. The zero-order valence-corrected chi connectivity index (χ0v) is 22.6. The van der Waals surface area contributed by atoms with E-state index in [2.05, 4.69) is 15.4 Å². The molecular weight excluding hydrogens is 578 g/mol. The molecule has 2 aromatic heterocycles. The van der Waals surface area contributed by atoms with Gasteiger partial charge < -0.3 is 11.1 Å². The first-order valence-electron chi connectivity index (χ1n) is 12.9. The molecule has 0 saturated carbocycles. The van der Waals surface area contributed by atoms with Crippen LogP contribution in [0.2, 0.25) is 0 Å². The Bertz CT molecular complexity index is 1700. The Labute approximate surface area is 241 Å². The van der Waals surface area contributed by atoms with Crippen LogP contribution in [0.3, 0.4) is 0 Å².